The molecule has 1 saturated heterocycles. The second-order valence-corrected chi connectivity index (χ2v) is 11.1. The van der Waals surface area contributed by atoms with E-state index in [2.05, 4.69) is 16.0 Å². The first-order valence-corrected chi connectivity index (χ1v) is 13.5. The molecule has 0 bridgehead atoms. The quantitative estimate of drug-likeness (QED) is 0.293. The van der Waals surface area contributed by atoms with Crippen LogP contribution in [-0.4, -0.2) is 36.9 Å². The van der Waals surface area contributed by atoms with Gasteiger partial charge in [0.1, 0.15) is 17.0 Å². The van der Waals surface area contributed by atoms with Gasteiger partial charge in [0, 0.05) is 28.2 Å². The van der Waals surface area contributed by atoms with Gasteiger partial charge in [-0.05, 0) is 61.4 Å². The summed E-state index contributed by atoms with van der Waals surface area (Å²) in [7, 11) is 1.39. The number of carbonyl (C=O) groups is 3. The molecule has 4 unspecified atom stereocenters. The average molecular weight is 597 g/mol. The largest absolute Gasteiger partial charge is 0.495 e. The zero-order valence-electron chi connectivity index (χ0n) is 22.3. The van der Waals surface area contributed by atoms with E-state index in [0.29, 0.717) is 16.3 Å². The maximum Gasteiger partial charge on any atom is 0.248 e. The van der Waals surface area contributed by atoms with Crippen molar-refractivity contribution >= 4 is 52.3 Å². The lowest BCUT2D eigenvalue weighted by atomic mass is 9.64. The molecule has 0 saturated carbocycles. The summed E-state index contributed by atoms with van der Waals surface area (Å²) < 4.78 is 21.2. The highest BCUT2D eigenvalue weighted by Crippen LogP contribution is 2.56. The van der Waals surface area contributed by atoms with E-state index in [1.807, 2.05) is 19.9 Å². The van der Waals surface area contributed by atoms with Gasteiger partial charge in [0.25, 0.3) is 0 Å². The molecular formula is C30H27Cl2FN4O4. The monoisotopic (exact) mass is 596 g/mol. The Morgan fingerprint density at radius 2 is 1.88 bits per heavy atom. The molecule has 5 N–H and O–H groups in total. The summed E-state index contributed by atoms with van der Waals surface area (Å²) in [5, 5.41) is 9.33. The molecule has 1 fully saturated rings. The number of carbonyl (C=O) groups excluding carboxylic acids is 3. The molecular weight excluding hydrogens is 570 g/mol. The van der Waals surface area contributed by atoms with Crippen molar-refractivity contribution in [3.63, 3.8) is 0 Å². The number of halogens is 3. The number of primary amides is 1. The maximum absolute atomic E-state index is 15.8. The Balaban J connectivity index is 1.71. The molecule has 5 rings (SSSR count). The molecule has 4 atom stereocenters. The fraction of sp³-hybridized carbons (Fsp3) is 0.233. The van der Waals surface area contributed by atoms with E-state index in [0.717, 1.165) is 5.57 Å². The summed E-state index contributed by atoms with van der Waals surface area (Å²) in [5.41, 5.74) is 6.44. The van der Waals surface area contributed by atoms with Crippen molar-refractivity contribution in [3.05, 3.63) is 98.8 Å². The standard InChI is InChI=1S/C30H27Cl2FN4O4/c1-14(2)11-23-30(18-9-8-16(31)13-21(18)36-29(30)40)24(17-5-4-6-19(32)25(17)33)26(37-23)28(39)35-20-10-7-15(27(34)38)12-22(20)41-3/h4-13,23-24,26,37H,1-3H3,(H2,34,38)(H,35,39)(H,36,40). The minimum atomic E-state index is -1.44. The average Bonchev–Trinajstić information content (AvgIpc) is 3.39. The van der Waals surface area contributed by atoms with Crippen LogP contribution >= 0.6 is 23.2 Å². The number of allylic oxidation sites excluding steroid dienone is 1. The number of hydrogen-bond donors (Lipinski definition) is 4. The Morgan fingerprint density at radius 1 is 1.12 bits per heavy atom. The second-order valence-electron chi connectivity index (χ2n) is 10.3. The molecule has 0 aliphatic carbocycles. The summed E-state index contributed by atoms with van der Waals surface area (Å²) >= 11 is 12.5. The van der Waals surface area contributed by atoms with E-state index in [-0.39, 0.29) is 27.6 Å². The minimum Gasteiger partial charge on any atom is -0.495 e. The third-order valence-electron chi connectivity index (χ3n) is 7.57. The molecule has 2 aliphatic rings. The molecule has 11 heteroatoms. The van der Waals surface area contributed by atoms with Crippen LogP contribution in [0.3, 0.4) is 0 Å². The highest BCUT2D eigenvalue weighted by Gasteiger charge is 2.65. The first kappa shape index (κ1) is 28.6. The van der Waals surface area contributed by atoms with Gasteiger partial charge in [-0.2, -0.15) is 0 Å². The van der Waals surface area contributed by atoms with Gasteiger partial charge in [-0.1, -0.05) is 53.1 Å². The number of rotatable bonds is 6. The van der Waals surface area contributed by atoms with Crippen LogP contribution in [0.15, 0.2) is 66.2 Å². The lowest BCUT2D eigenvalue weighted by molar-refractivity contribution is -0.121. The summed E-state index contributed by atoms with van der Waals surface area (Å²) in [5.74, 6) is -3.19. The second kappa shape index (κ2) is 10.8. The number of ether oxygens (including phenoxy) is 1. The van der Waals surface area contributed by atoms with Crippen molar-refractivity contribution in [2.45, 2.75) is 37.3 Å². The van der Waals surface area contributed by atoms with Gasteiger partial charge in [0.15, 0.2) is 0 Å². The zero-order chi connectivity index (χ0) is 29.6. The van der Waals surface area contributed by atoms with Crippen LogP contribution in [0, 0.1) is 5.82 Å². The van der Waals surface area contributed by atoms with Crippen molar-refractivity contribution in [2.75, 3.05) is 17.7 Å². The van der Waals surface area contributed by atoms with Crippen molar-refractivity contribution in [1.29, 1.82) is 0 Å². The van der Waals surface area contributed by atoms with Crippen LogP contribution < -0.4 is 26.4 Å². The molecule has 2 aliphatic heterocycles. The highest BCUT2D eigenvalue weighted by atomic mass is 35.5. The number of anilines is 2. The third kappa shape index (κ3) is 4.73. The fourth-order valence-corrected chi connectivity index (χ4v) is 6.26. The van der Waals surface area contributed by atoms with E-state index in [9.17, 15) is 14.4 Å². The van der Waals surface area contributed by atoms with Crippen molar-refractivity contribution in [3.8, 4) is 5.75 Å². The summed E-state index contributed by atoms with van der Waals surface area (Å²) in [6, 6.07) is 12.1. The first-order valence-electron chi connectivity index (χ1n) is 12.7. The van der Waals surface area contributed by atoms with Crippen LogP contribution in [0.5, 0.6) is 5.75 Å². The van der Waals surface area contributed by atoms with E-state index in [1.54, 1.807) is 24.3 Å². The molecule has 41 heavy (non-hydrogen) atoms. The van der Waals surface area contributed by atoms with Gasteiger partial charge in [-0.15, -0.1) is 0 Å². The molecule has 0 radical (unpaired) electrons. The first-order chi connectivity index (χ1) is 19.5. The Bertz CT molecular complexity index is 1620. The Hall–Kier alpha value is -3.92. The zero-order valence-corrected chi connectivity index (χ0v) is 23.9. The van der Waals surface area contributed by atoms with Crippen LogP contribution in [-0.2, 0) is 15.0 Å². The molecule has 3 amide bonds. The van der Waals surface area contributed by atoms with Crippen LogP contribution in [0.4, 0.5) is 15.8 Å². The molecule has 2 heterocycles. The number of nitrogens with one attached hydrogen (secondary N) is 3. The molecule has 212 valence electrons. The minimum absolute atomic E-state index is 0.101. The lowest BCUT2D eigenvalue weighted by Gasteiger charge is -2.34. The van der Waals surface area contributed by atoms with E-state index in [4.69, 9.17) is 33.7 Å². The fourth-order valence-electron chi connectivity index (χ4n) is 5.91. The van der Waals surface area contributed by atoms with Gasteiger partial charge in [0.05, 0.1) is 23.9 Å². The van der Waals surface area contributed by atoms with Gasteiger partial charge in [-0.25, -0.2) is 4.39 Å². The third-order valence-corrected chi connectivity index (χ3v) is 8.09. The van der Waals surface area contributed by atoms with Crippen LogP contribution in [0.1, 0.15) is 41.3 Å². The number of hydrogen-bond acceptors (Lipinski definition) is 5. The predicted molar refractivity (Wildman–Crippen MR) is 156 cm³/mol. The number of nitrogens with two attached hydrogens (primary N) is 1. The van der Waals surface area contributed by atoms with Gasteiger partial charge < -0.3 is 21.1 Å². The Morgan fingerprint density at radius 3 is 2.56 bits per heavy atom. The van der Waals surface area contributed by atoms with Crippen molar-refractivity contribution in [2.24, 2.45) is 5.73 Å². The lowest BCUT2D eigenvalue weighted by Crippen LogP contribution is -2.47. The molecule has 0 aromatic heterocycles. The van der Waals surface area contributed by atoms with Gasteiger partial charge in [0.2, 0.25) is 17.7 Å². The maximum atomic E-state index is 15.8. The van der Waals surface area contributed by atoms with Gasteiger partial charge >= 0.3 is 0 Å². The van der Waals surface area contributed by atoms with Crippen molar-refractivity contribution < 1.29 is 23.5 Å². The summed E-state index contributed by atoms with van der Waals surface area (Å²) in [6.07, 6.45) is 1.86. The SMILES string of the molecule is COc1cc(C(N)=O)ccc1NC(=O)C1NC(C=C(C)C)C2(C(=O)Nc3cc(Cl)ccc32)C1c1cccc(Cl)c1F. The van der Waals surface area contributed by atoms with Gasteiger partial charge in [-0.3, -0.25) is 19.7 Å². The molecule has 1 spiro atoms. The number of amides is 3. The van der Waals surface area contributed by atoms with Crippen LogP contribution in [0.25, 0.3) is 0 Å². The molecule has 3 aromatic carbocycles. The Kier molecular flexibility index (Phi) is 7.54. The smallest absolute Gasteiger partial charge is 0.248 e. The summed E-state index contributed by atoms with van der Waals surface area (Å²) in [4.78, 5) is 39.8. The number of methoxy groups -OCH3 is 1. The predicted octanol–water partition coefficient (Wildman–Crippen LogP) is 5.16. The highest BCUT2D eigenvalue weighted by molar-refractivity contribution is 6.31. The Labute approximate surface area is 246 Å². The molecule has 8 nitrogen and oxygen atoms in total. The van der Waals surface area contributed by atoms with E-state index in [1.165, 1.54) is 37.4 Å². The normalized spacial score (nSPS) is 22.7. The topological polar surface area (TPSA) is 123 Å². The summed E-state index contributed by atoms with van der Waals surface area (Å²) in [6.45, 7) is 3.75. The van der Waals surface area contributed by atoms with E-state index < -0.39 is 47.0 Å². The molecule has 3 aromatic rings. The van der Waals surface area contributed by atoms with E-state index >= 15 is 4.39 Å². The van der Waals surface area contributed by atoms with Crippen molar-refractivity contribution in [1.82, 2.24) is 5.32 Å². The number of fused-ring (bicyclic) bond motifs is 2. The number of benzene rings is 3. The van der Waals surface area contributed by atoms with Crippen LogP contribution in [0.2, 0.25) is 10.0 Å².